The Morgan fingerprint density at radius 3 is 1.45 bits per heavy atom. The van der Waals surface area contributed by atoms with E-state index in [1.807, 2.05) is 0 Å². The molecule has 0 unspecified atom stereocenters. The first-order chi connectivity index (χ1) is 30.7. The van der Waals surface area contributed by atoms with Crippen LogP contribution in [-0.4, -0.2) is 14.1 Å². The first-order valence-corrected chi connectivity index (χ1v) is 21.2. The number of para-hydroxylation sites is 3. The van der Waals surface area contributed by atoms with Gasteiger partial charge in [-0.25, -0.2) is 4.98 Å². The minimum atomic E-state index is 0.941. The van der Waals surface area contributed by atoms with Gasteiger partial charge in [0.2, 0.25) is 0 Å². The van der Waals surface area contributed by atoms with Gasteiger partial charge in [0.1, 0.15) is 0 Å². The van der Waals surface area contributed by atoms with Gasteiger partial charge in [-0.2, -0.15) is 0 Å². The summed E-state index contributed by atoms with van der Waals surface area (Å²) in [6.45, 7) is 0. The number of hydrogen-bond donors (Lipinski definition) is 0. The van der Waals surface area contributed by atoms with Crippen molar-refractivity contribution < 1.29 is 0 Å². The van der Waals surface area contributed by atoms with Crippen LogP contribution in [0.4, 0.5) is 0 Å². The third kappa shape index (κ3) is 6.02. The van der Waals surface area contributed by atoms with Crippen LogP contribution in [0.2, 0.25) is 0 Å². The molecule has 3 heterocycles. The zero-order chi connectivity index (χ0) is 41.0. The van der Waals surface area contributed by atoms with Crippen molar-refractivity contribution in [2.45, 2.75) is 0 Å². The van der Waals surface area contributed by atoms with Crippen molar-refractivity contribution >= 4 is 43.6 Å². The van der Waals surface area contributed by atoms with E-state index in [2.05, 4.69) is 246 Å². The van der Waals surface area contributed by atoms with E-state index in [-0.39, 0.29) is 0 Å². The molecule has 0 aliphatic heterocycles. The Balaban J connectivity index is 0.949. The van der Waals surface area contributed by atoms with Gasteiger partial charge in [-0.15, -0.1) is 0 Å². The van der Waals surface area contributed by atoms with Crippen molar-refractivity contribution in [1.29, 1.82) is 0 Å². The van der Waals surface area contributed by atoms with Crippen molar-refractivity contribution in [3.63, 3.8) is 0 Å². The summed E-state index contributed by atoms with van der Waals surface area (Å²) in [6, 6.07) is 85.1. The molecule has 0 bridgehead atoms. The highest BCUT2D eigenvalue weighted by molar-refractivity contribution is 6.26. The fourth-order valence-corrected chi connectivity index (χ4v) is 9.38. The molecule has 0 saturated heterocycles. The molecule has 0 aliphatic carbocycles. The molecule has 0 fully saturated rings. The molecule has 12 aromatic rings. The lowest BCUT2D eigenvalue weighted by Gasteiger charge is -2.13. The average molecular weight is 790 g/mol. The van der Waals surface area contributed by atoms with E-state index < -0.39 is 0 Å². The van der Waals surface area contributed by atoms with Gasteiger partial charge in [-0.3, -0.25) is 0 Å². The second-order valence-corrected chi connectivity index (χ2v) is 16.0. The Labute approximate surface area is 360 Å². The zero-order valence-electron chi connectivity index (χ0n) is 33.9. The van der Waals surface area contributed by atoms with Crippen LogP contribution in [0.1, 0.15) is 0 Å². The van der Waals surface area contributed by atoms with Crippen LogP contribution in [0.3, 0.4) is 0 Å². The quantitative estimate of drug-likeness (QED) is 0.158. The van der Waals surface area contributed by atoms with E-state index >= 15 is 0 Å². The van der Waals surface area contributed by atoms with E-state index in [4.69, 9.17) is 4.98 Å². The van der Waals surface area contributed by atoms with E-state index in [1.165, 1.54) is 54.7 Å². The highest BCUT2D eigenvalue weighted by Crippen LogP contribution is 2.42. The monoisotopic (exact) mass is 789 g/mol. The van der Waals surface area contributed by atoms with Crippen molar-refractivity contribution in [2.24, 2.45) is 0 Å². The smallest absolute Gasteiger partial charge is 0.0715 e. The maximum absolute atomic E-state index is 5.26. The predicted octanol–water partition coefficient (Wildman–Crippen LogP) is 15.6. The normalized spacial score (nSPS) is 11.5. The molecule has 0 N–H and O–H groups in total. The summed E-state index contributed by atoms with van der Waals surface area (Å²) >= 11 is 0. The molecule has 0 spiro atoms. The molecule has 0 radical (unpaired) electrons. The third-order valence-electron chi connectivity index (χ3n) is 12.3. The molecule has 62 heavy (non-hydrogen) atoms. The molecule has 0 aliphatic rings. The summed E-state index contributed by atoms with van der Waals surface area (Å²) in [5.41, 5.74) is 18.2. The summed E-state index contributed by atoms with van der Waals surface area (Å²) in [7, 11) is 0. The molecule has 3 nitrogen and oxygen atoms in total. The Kier molecular flexibility index (Phi) is 8.50. The van der Waals surface area contributed by atoms with Crippen LogP contribution >= 0.6 is 0 Å². The van der Waals surface area contributed by atoms with Crippen LogP contribution in [0, 0.1) is 0 Å². The lowest BCUT2D eigenvalue weighted by Crippen LogP contribution is -1.95. The van der Waals surface area contributed by atoms with Crippen molar-refractivity contribution in [3.05, 3.63) is 237 Å². The number of aromatic nitrogens is 3. The topological polar surface area (TPSA) is 22.8 Å². The van der Waals surface area contributed by atoms with Crippen molar-refractivity contribution in [3.8, 4) is 67.3 Å². The van der Waals surface area contributed by atoms with Gasteiger partial charge in [-0.05, 0) is 94.0 Å². The molecule has 3 heteroatoms. The van der Waals surface area contributed by atoms with Gasteiger partial charge >= 0.3 is 0 Å². The Morgan fingerprint density at radius 2 is 0.742 bits per heavy atom. The molecule has 0 atom stereocenters. The van der Waals surface area contributed by atoms with Crippen LogP contribution in [0.5, 0.6) is 0 Å². The number of benzene rings is 9. The number of hydrogen-bond acceptors (Lipinski definition) is 1. The molecule has 0 saturated carbocycles. The van der Waals surface area contributed by atoms with E-state index in [0.717, 1.165) is 56.1 Å². The predicted molar refractivity (Wildman–Crippen MR) is 260 cm³/mol. The van der Waals surface area contributed by atoms with Crippen molar-refractivity contribution in [2.75, 3.05) is 0 Å². The summed E-state index contributed by atoms with van der Waals surface area (Å²) in [4.78, 5) is 5.26. The lowest BCUT2D eigenvalue weighted by atomic mass is 9.96. The van der Waals surface area contributed by atoms with E-state index in [1.54, 1.807) is 0 Å². The van der Waals surface area contributed by atoms with Crippen LogP contribution in [0.15, 0.2) is 237 Å². The SMILES string of the molecule is c1ccc(-c2ccc(-c3cc(-c4ccccc4)nc(-c4cccc(-c5ccc(-n6c7ccccc7c7c6ccc6c8ccccc8n(-c8ccccc8)c67)cc5)c4)c3)cc2)cc1. The number of pyridine rings is 1. The summed E-state index contributed by atoms with van der Waals surface area (Å²) < 4.78 is 4.86. The first-order valence-electron chi connectivity index (χ1n) is 21.2. The zero-order valence-corrected chi connectivity index (χ0v) is 33.9. The Morgan fingerprint density at radius 1 is 0.258 bits per heavy atom. The second-order valence-electron chi connectivity index (χ2n) is 16.0. The third-order valence-corrected chi connectivity index (χ3v) is 12.3. The fraction of sp³-hybridized carbons (Fsp3) is 0. The molecule has 0 amide bonds. The summed E-state index contributed by atoms with van der Waals surface area (Å²) in [5.74, 6) is 0. The standard InChI is InChI=1S/C59H39N3/c1-4-15-40(16-5-1)41-27-29-43(30-28-41)47-38-53(44-17-6-2-7-18-44)60-54(39-47)46-20-14-19-45(37-46)42-31-33-49(34-32-42)61-56-26-13-11-24-52(56)58-57(61)36-35-51-50-23-10-12-25-55(50)62(59(51)58)48-21-8-3-9-22-48/h1-39H. The van der Waals surface area contributed by atoms with Gasteiger partial charge in [0.05, 0.1) is 33.5 Å². The number of rotatable bonds is 7. The molecule has 290 valence electrons. The van der Waals surface area contributed by atoms with Crippen LogP contribution < -0.4 is 0 Å². The van der Waals surface area contributed by atoms with Gasteiger partial charge in [0.15, 0.2) is 0 Å². The average Bonchev–Trinajstić information content (AvgIpc) is 3.88. The molecule has 12 rings (SSSR count). The lowest BCUT2D eigenvalue weighted by molar-refractivity contribution is 1.17. The fourth-order valence-electron chi connectivity index (χ4n) is 9.38. The minimum absolute atomic E-state index is 0.941. The second kappa shape index (κ2) is 14.8. The Hall–Kier alpha value is -8.27. The highest BCUT2D eigenvalue weighted by Gasteiger charge is 2.21. The molecule has 9 aromatic carbocycles. The molecular weight excluding hydrogens is 751 g/mol. The highest BCUT2D eigenvalue weighted by atomic mass is 15.0. The summed E-state index contributed by atoms with van der Waals surface area (Å²) in [5, 5.41) is 5.01. The van der Waals surface area contributed by atoms with Crippen molar-refractivity contribution in [1.82, 2.24) is 14.1 Å². The summed E-state index contributed by atoms with van der Waals surface area (Å²) in [6.07, 6.45) is 0. The largest absolute Gasteiger partial charge is 0.309 e. The van der Waals surface area contributed by atoms with Gasteiger partial charge < -0.3 is 9.13 Å². The van der Waals surface area contributed by atoms with E-state index in [0.29, 0.717) is 0 Å². The van der Waals surface area contributed by atoms with Gasteiger partial charge in [-0.1, -0.05) is 176 Å². The maximum atomic E-state index is 5.26. The van der Waals surface area contributed by atoms with Crippen LogP contribution in [-0.2, 0) is 0 Å². The van der Waals surface area contributed by atoms with Gasteiger partial charge in [0, 0.05) is 44.0 Å². The van der Waals surface area contributed by atoms with Crippen LogP contribution in [0.25, 0.3) is 111 Å². The maximum Gasteiger partial charge on any atom is 0.0715 e. The minimum Gasteiger partial charge on any atom is -0.309 e. The Bertz CT molecular complexity index is 3580. The number of nitrogens with zero attached hydrogens (tertiary/aromatic N) is 3. The molecule has 3 aromatic heterocycles. The number of fused-ring (bicyclic) bond motifs is 7. The first kappa shape index (κ1) is 35.7. The molecular formula is C59H39N3. The van der Waals surface area contributed by atoms with Gasteiger partial charge in [0.25, 0.3) is 0 Å². The van der Waals surface area contributed by atoms with E-state index in [9.17, 15) is 0 Å².